The van der Waals surface area contributed by atoms with Crippen LogP contribution in [0, 0.1) is 27.7 Å². The van der Waals surface area contributed by atoms with Crippen molar-refractivity contribution in [3.05, 3.63) is 333 Å². The fraction of sp³-hybridized carbons (Fsp3) is 0.0449. The Morgan fingerprint density at radius 2 is 0.606 bits per heavy atom. The number of aryl methyl sites for hydroxylation is 4. The molecule has 0 spiro atoms. The van der Waals surface area contributed by atoms with Crippen LogP contribution in [-0.4, -0.2) is 24.9 Å². The quantitative estimate of drug-likeness (QED) is 0.164. The number of hydrogen-bond donors (Lipinski definition) is 0. The summed E-state index contributed by atoms with van der Waals surface area (Å²) in [4.78, 5) is 21.4. The maximum absolute atomic E-state index is 5.83. The Labute approximate surface area is 569 Å². The molecule has 0 saturated carbocycles. The first kappa shape index (κ1) is 60.9. The van der Waals surface area contributed by atoms with Crippen LogP contribution in [0.4, 0.5) is 0 Å². The molecule has 99 heavy (non-hydrogen) atoms. The third-order valence-electron chi connectivity index (χ3n) is 17.8. The van der Waals surface area contributed by atoms with Crippen molar-refractivity contribution < 1.29 is 22.1 Å². The lowest BCUT2D eigenvalue weighted by Gasteiger charge is -2.03. The summed E-state index contributed by atoms with van der Waals surface area (Å²) in [5.41, 5.74) is 26.5. The Kier molecular flexibility index (Phi) is 16.4. The number of nitrogens with zero attached hydrogens (tertiary/aromatic N) is 5. The highest BCUT2D eigenvalue weighted by molar-refractivity contribution is 6.09. The van der Waals surface area contributed by atoms with Gasteiger partial charge in [0.05, 0.1) is 11.9 Å². The lowest BCUT2D eigenvalue weighted by molar-refractivity contribution is 0.654. The van der Waals surface area contributed by atoms with Gasteiger partial charge in [-0.05, 0) is 194 Å². The molecule has 0 radical (unpaired) electrons. The molecule has 20 rings (SSSR count). The highest BCUT2D eigenvalue weighted by Crippen LogP contribution is 2.37. The van der Waals surface area contributed by atoms with E-state index in [0.29, 0.717) is 5.71 Å². The molecule has 20 aromatic rings. The average molecular weight is 1280 g/mol. The average Bonchev–Trinajstić information content (AvgIpc) is 1.68. The van der Waals surface area contributed by atoms with E-state index < -0.39 is 0 Å². The summed E-state index contributed by atoms with van der Waals surface area (Å²) >= 11 is 0. The normalized spacial score (nSPS) is 11.2. The van der Waals surface area contributed by atoms with E-state index in [0.717, 1.165) is 115 Å². The van der Waals surface area contributed by atoms with E-state index in [4.69, 9.17) is 22.1 Å². The summed E-state index contributed by atoms with van der Waals surface area (Å²) in [6.07, 6.45) is 12.6. The number of fused-ring (bicyclic) bond motifs is 15. The number of furan rings is 5. The Morgan fingerprint density at radius 1 is 0.212 bits per heavy atom. The minimum atomic E-state index is 0.698. The zero-order valence-corrected chi connectivity index (χ0v) is 54.7. The van der Waals surface area contributed by atoms with Gasteiger partial charge in [0, 0.05) is 91.2 Å². The van der Waals surface area contributed by atoms with Crippen LogP contribution >= 0.6 is 0 Å². The second-order valence-electron chi connectivity index (χ2n) is 24.7. The molecule has 0 atom stereocenters. The minimum absolute atomic E-state index is 0.698. The largest absolute Gasteiger partial charge is 0.456 e. The Hall–Kier alpha value is -13.1. The van der Waals surface area contributed by atoms with Gasteiger partial charge in [-0.15, -0.1) is 0 Å². The molecule has 0 aliphatic heterocycles. The molecule has 10 nitrogen and oxygen atoms in total. The summed E-state index contributed by atoms with van der Waals surface area (Å²) in [6.45, 7) is 8.44. The van der Waals surface area contributed by atoms with Crippen LogP contribution in [0.25, 0.3) is 166 Å². The van der Waals surface area contributed by atoms with Crippen LogP contribution in [0.5, 0.6) is 0 Å². The first-order chi connectivity index (χ1) is 48.7. The van der Waals surface area contributed by atoms with Crippen molar-refractivity contribution in [3.63, 3.8) is 0 Å². The second-order valence-corrected chi connectivity index (χ2v) is 24.7. The molecule has 0 unspecified atom stereocenters. The van der Waals surface area contributed by atoms with Crippen LogP contribution in [-0.2, 0) is 0 Å². The van der Waals surface area contributed by atoms with E-state index in [9.17, 15) is 0 Å². The van der Waals surface area contributed by atoms with Gasteiger partial charge in [-0.1, -0.05) is 168 Å². The van der Waals surface area contributed by atoms with Crippen molar-refractivity contribution in [2.75, 3.05) is 0 Å². The van der Waals surface area contributed by atoms with E-state index in [2.05, 4.69) is 210 Å². The third-order valence-corrected chi connectivity index (χ3v) is 17.8. The smallest absolute Gasteiger partial charge is 0.227 e. The number of pyridine rings is 5. The van der Waals surface area contributed by atoms with Gasteiger partial charge in [-0.2, -0.15) is 0 Å². The van der Waals surface area contributed by atoms with Crippen LogP contribution in [0.15, 0.2) is 332 Å². The molecule has 0 aliphatic carbocycles. The van der Waals surface area contributed by atoms with E-state index in [1.165, 1.54) is 66.8 Å². The standard InChI is InChI=1S/4C18H13NO.C17H11NO/c1-12-4-2-5-13(10-12)14-7-8-16-15(11-14)18-17(20-16)6-3-9-19-18;1-12-4-2-5-13(10-12)14-7-8-17-16(11-14)15-6-3-9-19-18(15)20-17;1-12-3-2-4-13(9-12)14-5-6-17-15(10-14)16-11-19-8-7-18(16)20-17;1-12-3-2-4-13(9-12)14-5-6-17-16(10-14)15-7-8-19-11-18(15)20-17;1-2-7-16-13(5-1)14-11-12(8-9-17(14)19-16)15-6-3-4-10-18-15/h4*2-11H,1H3;1-11H. The van der Waals surface area contributed by atoms with Gasteiger partial charge >= 0.3 is 0 Å². The molecule has 0 saturated heterocycles. The van der Waals surface area contributed by atoms with Crippen LogP contribution in [0.1, 0.15) is 22.3 Å². The Balaban J connectivity index is 0.0000000965. The summed E-state index contributed by atoms with van der Waals surface area (Å²) < 4.78 is 29.0. The number of benzene rings is 10. The molecule has 0 N–H and O–H groups in total. The summed E-state index contributed by atoms with van der Waals surface area (Å²) in [6, 6.07) is 91.3. The molecular weight excluding hydrogens is 1220 g/mol. The zero-order chi connectivity index (χ0) is 66.8. The van der Waals surface area contributed by atoms with E-state index in [1.54, 1.807) is 31.0 Å². The van der Waals surface area contributed by atoms with Gasteiger partial charge in [0.15, 0.2) is 11.2 Å². The van der Waals surface area contributed by atoms with E-state index in [1.807, 2.05) is 122 Å². The van der Waals surface area contributed by atoms with Gasteiger partial charge < -0.3 is 22.1 Å². The third kappa shape index (κ3) is 12.7. The van der Waals surface area contributed by atoms with Gasteiger partial charge in [0.1, 0.15) is 44.6 Å². The van der Waals surface area contributed by atoms with E-state index in [-0.39, 0.29) is 0 Å². The highest BCUT2D eigenvalue weighted by Gasteiger charge is 2.14. The Morgan fingerprint density at radius 3 is 1.19 bits per heavy atom. The fourth-order valence-electron chi connectivity index (χ4n) is 12.9. The maximum Gasteiger partial charge on any atom is 0.227 e. The number of rotatable bonds is 5. The van der Waals surface area contributed by atoms with Crippen LogP contribution < -0.4 is 0 Å². The second kappa shape index (κ2) is 26.6. The van der Waals surface area contributed by atoms with Crippen LogP contribution in [0.3, 0.4) is 0 Å². The van der Waals surface area contributed by atoms with Crippen LogP contribution in [0.2, 0.25) is 0 Å². The van der Waals surface area contributed by atoms with Crippen molar-refractivity contribution >= 4 is 110 Å². The van der Waals surface area contributed by atoms with Gasteiger partial charge in [-0.3, -0.25) is 19.9 Å². The molecular formula is C89H63N5O5. The van der Waals surface area contributed by atoms with Gasteiger partial charge in [0.25, 0.3) is 0 Å². The lowest BCUT2D eigenvalue weighted by Crippen LogP contribution is -1.80. The summed E-state index contributed by atoms with van der Waals surface area (Å²) in [5, 5.41) is 9.98. The molecule has 0 amide bonds. The molecule has 10 aromatic carbocycles. The fourth-order valence-corrected chi connectivity index (χ4v) is 12.9. The molecule has 474 valence electrons. The molecule has 0 bridgehead atoms. The van der Waals surface area contributed by atoms with Gasteiger partial charge in [0.2, 0.25) is 5.71 Å². The summed E-state index contributed by atoms with van der Waals surface area (Å²) in [7, 11) is 0. The monoisotopic (exact) mass is 1280 g/mol. The topological polar surface area (TPSA) is 130 Å². The number of aromatic nitrogens is 5. The first-order valence-corrected chi connectivity index (χ1v) is 32.8. The lowest BCUT2D eigenvalue weighted by atomic mass is 10.0. The van der Waals surface area contributed by atoms with E-state index >= 15 is 0 Å². The van der Waals surface area contributed by atoms with Crippen molar-refractivity contribution in [2.24, 2.45) is 0 Å². The summed E-state index contributed by atoms with van der Waals surface area (Å²) in [5.74, 6) is 0. The zero-order valence-electron chi connectivity index (χ0n) is 54.7. The number of hydrogen-bond acceptors (Lipinski definition) is 10. The van der Waals surface area contributed by atoms with Crippen molar-refractivity contribution in [3.8, 4) is 55.8 Å². The predicted octanol–water partition coefficient (Wildman–Crippen LogP) is 24.5. The Bertz CT molecular complexity index is 5710. The molecule has 0 fully saturated rings. The molecule has 10 aromatic heterocycles. The first-order valence-electron chi connectivity index (χ1n) is 32.8. The van der Waals surface area contributed by atoms with Crippen molar-refractivity contribution in [1.29, 1.82) is 0 Å². The molecule has 0 aliphatic rings. The predicted molar refractivity (Wildman–Crippen MR) is 404 cm³/mol. The van der Waals surface area contributed by atoms with Crippen molar-refractivity contribution in [2.45, 2.75) is 27.7 Å². The maximum atomic E-state index is 5.83. The minimum Gasteiger partial charge on any atom is -0.456 e. The SMILES string of the molecule is Cc1cccc(-c2ccc3oc4cccnc4c3c2)c1.Cc1cccc(-c2ccc3oc4ccncc4c3c2)c1.Cc1cccc(-c2ccc3oc4cnccc4c3c2)c1.Cc1cccc(-c2ccc3oc4ncccc4c3c2)c1.c1ccc(-c2ccc3oc4ccccc4c3c2)nc1. The molecule has 10 heterocycles. The number of para-hydroxylation sites is 1. The molecule has 10 heteroatoms. The highest BCUT2D eigenvalue weighted by atomic mass is 16.3. The van der Waals surface area contributed by atoms with Crippen molar-refractivity contribution in [1.82, 2.24) is 24.9 Å². The van der Waals surface area contributed by atoms with Gasteiger partial charge in [-0.25, -0.2) is 4.98 Å².